The lowest BCUT2D eigenvalue weighted by Crippen LogP contribution is -2.61. The Balaban J connectivity index is 1.56. The number of nitrogens with one attached hydrogen (secondary N) is 3. The molecular weight excluding hydrogens is 304 g/mol. The highest BCUT2D eigenvalue weighted by atomic mass is 16.2. The van der Waals surface area contributed by atoms with Crippen molar-refractivity contribution in [1.29, 1.82) is 0 Å². The van der Waals surface area contributed by atoms with Crippen molar-refractivity contribution in [2.24, 2.45) is 11.8 Å². The van der Waals surface area contributed by atoms with Gasteiger partial charge in [-0.2, -0.15) is 0 Å². The first-order valence-corrected chi connectivity index (χ1v) is 9.73. The fourth-order valence-electron chi connectivity index (χ4n) is 4.03. The molecule has 0 aromatic rings. The van der Waals surface area contributed by atoms with Gasteiger partial charge in [0.05, 0.1) is 12.1 Å². The van der Waals surface area contributed by atoms with E-state index < -0.39 is 0 Å². The number of piperidine rings is 2. The van der Waals surface area contributed by atoms with Crippen molar-refractivity contribution in [1.82, 2.24) is 20.9 Å². The minimum Gasteiger partial charge on any atom is -0.351 e. The lowest BCUT2D eigenvalue weighted by Gasteiger charge is -2.40. The number of hydrogen-bond donors (Lipinski definition) is 3. The second-order valence-electron chi connectivity index (χ2n) is 7.59. The van der Waals surface area contributed by atoms with E-state index in [2.05, 4.69) is 16.0 Å². The number of carbonyl (C=O) groups excluding carboxylic acids is 2. The predicted octanol–water partition coefficient (Wildman–Crippen LogP) is 1.46. The number of hydrogen-bond acceptors (Lipinski definition) is 3. The van der Waals surface area contributed by atoms with Gasteiger partial charge in [0.1, 0.15) is 0 Å². The topological polar surface area (TPSA) is 73.5 Å². The van der Waals surface area contributed by atoms with Gasteiger partial charge >= 0.3 is 6.03 Å². The lowest BCUT2D eigenvalue weighted by molar-refractivity contribution is -0.124. The molecule has 2 heterocycles. The third-order valence-electron chi connectivity index (χ3n) is 5.82. The van der Waals surface area contributed by atoms with Crippen molar-refractivity contribution >= 4 is 11.9 Å². The van der Waals surface area contributed by atoms with Crippen molar-refractivity contribution in [3.8, 4) is 0 Å². The van der Waals surface area contributed by atoms with E-state index in [1.165, 1.54) is 12.8 Å². The van der Waals surface area contributed by atoms with Crippen LogP contribution in [0.3, 0.4) is 0 Å². The highest BCUT2D eigenvalue weighted by Crippen LogP contribution is 2.32. The largest absolute Gasteiger partial charge is 0.351 e. The molecule has 0 aromatic heterocycles. The standard InChI is InChI=1S/C18H32N4O2/c1-2-22(12-9-13-3-4-13)18(24)20-15-5-6-16(23)21-17(15)14-7-10-19-11-8-14/h13-15,17,19H,2-12H2,1H3,(H,20,24)(H,21,23)/t15-,17+/m1/s1. The van der Waals surface area contributed by atoms with Crippen LogP contribution in [0.4, 0.5) is 4.79 Å². The van der Waals surface area contributed by atoms with Gasteiger partial charge in [0.15, 0.2) is 0 Å². The molecule has 0 unspecified atom stereocenters. The van der Waals surface area contributed by atoms with E-state index in [1.54, 1.807) is 0 Å². The zero-order valence-electron chi connectivity index (χ0n) is 14.9. The van der Waals surface area contributed by atoms with Crippen LogP contribution in [0, 0.1) is 11.8 Å². The number of rotatable bonds is 6. The molecule has 24 heavy (non-hydrogen) atoms. The maximum Gasteiger partial charge on any atom is 0.317 e. The summed E-state index contributed by atoms with van der Waals surface area (Å²) in [6.45, 7) is 5.64. The van der Waals surface area contributed by atoms with E-state index in [1.807, 2.05) is 11.8 Å². The summed E-state index contributed by atoms with van der Waals surface area (Å²) in [6, 6.07) is 0.186. The maximum atomic E-state index is 12.7. The molecule has 2 saturated heterocycles. The molecule has 6 nitrogen and oxygen atoms in total. The summed E-state index contributed by atoms with van der Waals surface area (Å²) in [5.41, 5.74) is 0. The van der Waals surface area contributed by atoms with Gasteiger partial charge in [-0.05, 0) is 57.5 Å². The second-order valence-corrected chi connectivity index (χ2v) is 7.59. The second kappa shape index (κ2) is 8.19. The van der Waals surface area contributed by atoms with E-state index >= 15 is 0 Å². The number of nitrogens with zero attached hydrogens (tertiary/aromatic N) is 1. The van der Waals surface area contributed by atoms with Crippen LogP contribution >= 0.6 is 0 Å². The third-order valence-corrected chi connectivity index (χ3v) is 5.82. The zero-order chi connectivity index (χ0) is 16.9. The van der Waals surface area contributed by atoms with Crippen molar-refractivity contribution < 1.29 is 9.59 Å². The predicted molar refractivity (Wildman–Crippen MR) is 93.7 cm³/mol. The zero-order valence-corrected chi connectivity index (χ0v) is 14.9. The Kier molecular flexibility index (Phi) is 5.98. The smallest absolute Gasteiger partial charge is 0.317 e. The molecule has 0 aromatic carbocycles. The molecule has 2 aliphatic heterocycles. The lowest BCUT2D eigenvalue weighted by atomic mass is 9.82. The van der Waals surface area contributed by atoms with Gasteiger partial charge in [-0.25, -0.2) is 4.79 Å². The summed E-state index contributed by atoms with van der Waals surface area (Å²) in [6.07, 6.45) is 7.18. The molecule has 1 saturated carbocycles. The Hall–Kier alpha value is -1.30. The van der Waals surface area contributed by atoms with Gasteiger partial charge in [0.2, 0.25) is 5.91 Å². The minimum absolute atomic E-state index is 0.0400. The van der Waals surface area contributed by atoms with Crippen LogP contribution in [-0.2, 0) is 4.79 Å². The van der Waals surface area contributed by atoms with E-state index in [-0.39, 0.29) is 24.0 Å². The Labute approximate surface area is 145 Å². The molecule has 6 heteroatoms. The van der Waals surface area contributed by atoms with Crippen LogP contribution in [0.25, 0.3) is 0 Å². The fourth-order valence-corrected chi connectivity index (χ4v) is 4.03. The number of amides is 3. The highest BCUT2D eigenvalue weighted by molar-refractivity contribution is 5.79. The van der Waals surface area contributed by atoms with Gasteiger partial charge < -0.3 is 20.9 Å². The van der Waals surface area contributed by atoms with Gasteiger partial charge in [-0.3, -0.25) is 4.79 Å². The van der Waals surface area contributed by atoms with E-state index in [0.29, 0.717) is 12.3 Å². The van der Waals surface area contributed by atoms with Crippen molar-refractivity contribution in [2.45, 2.75) is 64.0 Å². The van der Waals surface area contributed by atoms with Crippen molar-refractivity contribution in [2.75, 3.05) is 26.2 Å². The molecule has 0 spiro atoms. The van der Waals surface area contributed by atoms with E-state index in [0.717, 1.165) is 57.8 Å². The summed E-state index contributed by atoms with van der Waals surface area (Å²) < 4.78 is 0. The monoisotopic (exact) mass is 336 g/mol. The summed E-state index contributed by atoms with van der Waals surface area (Å²) in [7, 11) is 0. The molecule has 0 bridgehead atoms. The summed E-state index contributed by atoms with van der Waals surface area (Å²) in [5, 5.41) is 9.77. The van der Waals surface area contributed by atoms with Crippen LogP contribution in [-0.4, -0.2) is 55.1 Å². The van der Waals surface area contributed by atoms with Gasteiger partial charge in [-0.1, -0.05) is 12.8 Å². The Morgan fingerprint density at radius 2 is 1.96 bits per heavy atom. The van der Waals surface area contributed by atoms with Crippen LogP contribution in [0.15, 0.2) is 0 Å². The van der Waals surface area contributed by atoms with Gasteiger partial charge in [-0.15, -0.1) is 0 Å². The first kappa shape index (κ1) is 17.5. The quantitative estimate of drug-likeness (QED) is 0.688. The Morgan fingerprint density at radius 1 is 1.21 bits per heavy atom. The molecule has 3 aliphatic rings. The first-order valence-electron chi connectivity index (χ1n) is 9.73. The number of carbonyl (C=O) groups is 2. The third kappa shape index (κ3) is 4.62. The van der Waals surface area contributed by atoms with Gasteiger partial charge in [0.25, 0.3) is 0 Å². The van der Waals surface area contributed by atoms with Crippen LogP contribution in [0.2, 0.25) is 0 Å². The van der Waals surface area contributed by atoms with E-state index in [4.69, 9.17) is 0 Å². The van der Waals surface area contributed by atoms with Crippen molar-refractivity contribution in [3.05, 3.63) is 0 Å². The van der Waals surface area contributed by atoms with Crippen LogP contribution < -0.4 is 16.0 Å². The first-order chi connectivity index (χ1) is 11.7. The molecular formula is C18H32N4O2. The summed E-state index contributed by atoms with van der Waals surface area (Å²) >= 11 is 0. The average molecular weight is 336 g/mol. The summed E-state index contributed by atoms with van der Waals surface area (Å²) in [4.78, 5) is 26.5. The fraction of sp³-hybridized carbons (Fsp3) is 0.889. The van der Waals surface area contributed by atoms with E-state index in [9.17, 15) is 9.59 Å². The molecule has 136 valence electrons. The molecule has 3 amide bonds. The van der Waals surface area contributed by atoms with Crippen LogP contribution in [0.5, 0.6) is 0 Å². The number of urea groups is 1. The molecule has 2 atom stereocenters. The average Bonchev–Trinajstić information content (AvgIpc) is 3.42. The van der Waals surface area contributed by atoms with Crippen LogP contribution in [0.1, 0.15) is 51.9 Å². The normalized spacial score (nSPS) is 28.3. The highest BCUT2D eigenvalue weighted by Gasteiger charge is 2.36. The van der Waals surface area contributed by atoms with Gasteiger partial charge in [0, 0.05) is 19.5 Å². The molecule has 3 N–H and O–H groups in total. The Bertz CT molecular complexity index is 446. The van der Waals surface area contributed by atoms with Crippen molar-refractivity contribution in [3.63, 3.8) is 0 Å². The molecule has 1 aliphatic carbocycles. The molecule has 3 fully saturated rings. The molecule has 0 radical (unpaired) electrons. The SMILES string of the molecule is CCN(CCC1CC1)C(=O)N[C@@H]1CCC(=O)N[C@H]1C1CCNCC1. The summed E-state index contributed by atoms with van der Waals surface area (Å²) in [5.74, 6) is 1.43. The minimum atomic E-state index is 0.0400. The molecule has 3 rings (SSSR count). The Morgan fingerprint density at radius 3 is 2.62 bits per heavy atom. The maximum absolute atomic E-state index is 12.7.